The molecule has 18 heavy (non-hydrogen) atoms. The van der Waals surface area contributed by atoms with Gasteiger partial charge in [-0.05, 0) is 19.4 Å². The highest BCUT2D eigenvalue weighted by Gasteiger charge is 2.02. The number of halogens is 1. The molecule has 0 heterocycles. The lowest BCUT2D eigenvalue weighted by atomic mass is 10.1. The number of hydrogen-bond donors (Lipinski definition) is 0. The van der Waals surface area contributed by atoms with Crippen LogP contribution in [0.25, 0.3) is 0 Å². The highest BCUT2D eigenvalue weighted by atomic mass is 79.9. The van der Waals surface area contributed by atoms with Gasteiger partial charge < -0.3 is 14.2 Å². The van der Waals surface area contributed by atoms with E-state index < -0.39 is 0 Å². The van der Waals surface area contributed by atoms with Gasteiger partial charge in [0.15, 0.2) is 0 Å². The highest BCUT2D eigenvalue weighted by molar-refractivity contribution is 9.08. The van der Waals surface area contributed by atoms with Gasteiger partial charge in [-0.1, -0.05) is 33.6 Å². The number of rotatable bonds is 9. The van der Waals surface area contributed by atoms with Crippen molar-refractivity contribution < 1.29 is 14.2 Å². The maximum atomic E-state index is 5.70. The van der Waals surface area contributed by atoms with E-state index >= 15 is 0 Å². The molecule has 0 atom stereocenters. The van der Waals surface area contributed by atoms with Crippen LogP contribution in [0.4, 0.5) is 0 Å². The van der Waals surface area contributed by atoms with Crippen LogP contribution in [0.15, 0.2) is 18.2 Å². The minimum atomic E-state index is 0.579. The molecule has 102 valence electrons. The average molecular weight is 317 g/mol. The fourth-order valence-corrected chi connectivity index (χ4v) is 2.01. The first-order valence-corrected chi connectivity index (χ1v) is 7.25. The predicted molar refractivity (Wildman–Crippen MR) is 76.6 cm³/mol. The van der Waals surface area contributed by atoms with Gasteiger partial charge in [0.2, 0.25) is 0 Å². The molecule has 3 nitrogen and oxygen atoms in total. The molecule has 0 aliphatic rings. The van der Waals surface area contributed by atoms with E-state index in [2.05, 4.69) is 35.0 Å². The molecule has 0 spiro atoms. The number of hydrogen-bond acceptors (Lipinski definition) is 3. The fourth-order valence-electron chi connectivity index (χ4n) is 1.57. The molecule has 0 fully saturated rings. The molecular formula is C14H21BrO3. The second kappa shape index (κ2) is 9.36. The van der Waals surface area contributed by atoms with Gasteiger partial charge in [0, 0.05) is 31.2 Å². The second-order valence-electron chi connectivity index (χ2n) is 4.05. The van der Waals surface area contributed by atoms with E-state index in [9.17, 15) is 0 Å². The molecular weight excluding hydrogens is 296 g/mol. The summed E-state index contributed by atoms with van der Waals surface area (Å²) in [6.07, 6.45) is 0.924. The third-order valence-corrected chi connectivity index (χ3v) is 3.09. The van der Waals surface area contributed by atoms with Gasteiger partial charge >= 0.3 is 0 Å². The molecule has 1 aromatic carbocycles. The van der Waals surface area contributed by atoms with Crippen molar-refractivity contribution in [3.8, 4) is 5.75 Å². The van der Waals surface area contributed by atoms with Crippen LogP contribution in [0.1, 0.15) is 17.5 Å². The minimum Gasteiger partial charge on any atom is -0.491 e. The third-order valence-electron chi connectivity index (χ3n) is 2.48. The molecule has 0 bridgehead atoms. The molecule has 0 aliphatic heterocycles. The Labute approximate surface area is 118 Å². The zero-order valence-electron chi connectivity index (χ0n) is 11.1. The summed E-state index contributed by atoms with van der Waals surface area (Å²) >= 11 is 3.47. The van der Waals surface area contributed by atoms with Crippen molar-refractivity contribution >= 4 is 15.9 Å². The van der Waals surface area contributed by atoms with E-state index in [0.29, 0.717) is 13.2 Å². The van der Waals surface area contributed by atoms with Crippen LogP contribution in [0.2, 0.25) is 0 Å². The van der Waals surface area contributed by atoms with Crippen molar-refractivity contribution in [3.05, 3.63) is 29.3 Å². The van der Waals surface area contributed by atoms with Gasteiger partial charge in [-0.3, -0.25) is 0 Å². The monoisotopic (exact) mass is 316 g/mol. The van der Waals surface area contributed by atoms with Gasteiger partial charge in [-0.2, -0.15) is 0 Å². The summed E-state index contributed by atoms with van der Waals surface area (Å²) in [5, 5.41) is 0.804. The fraction of sp³-hybridized carbons (Fsp3) is 0.571. The summed E-state index contributed by atoms with van der Waals surface area (Å²) in [4.78, 5) is 0. The molecule has 1 aromatic rings. The standard InChI is InChI=1S/C14H21BrO3/c1-12-4-5-14(13(10-12)11-15)18-9-8-17-7-3-6-16-2/h4-5,10H,3,6-9,11H2,1-2H3. The zero-order chi connectivity index (χ0) is 13.2. The van der Waals surface area contributed by atoms with Gasteiger partial charge in [0.05, 0.1) is 6.61 Å². The average Bonchev–Trinajstić information content (AvgIpc) is 2.39. The Morgan fingerprint density at radius 2 is 1.94 bits per heavy atom. The van der Waals surface area contributed by atoms with Crippen molar-refractivity contribution in [1.82, 2.24) is 0 Å². The van der Waals surface area contributed by atoms with Crippen molar-refractivity contribution in [2.45, 2.75) is 18.7 Å². The SMILES string of the molecule is COCCCOCCOc1ccc(C)cc1CBr. The quantitative estimate of drug-likeness (QED) is 0.516. The predicted octanol–water partition coefficient (Wildman–Crippen LogP) is 3.32. The number of alkyl halides is 1. The van der Waals surface area contributed by atoms with Crippen LogP contribution in [-0.4, -0.2) is 33.5 Å². The van der Waals surface area contributed by atoms with Gasteiger partial charge in [0.1, 0.15) is 12.4 Å². The Kier molecular flexibility index (Phi) is 8.05. The Balaban J connectivity index is 2.22. The number of ether oxygens (including phenoxy) is 3. The van der Waals surface area contributed by atoms with Crippen molar-refractivity contribution in [3.63, 3.8) is 0 Å². The largest absolute Gasteiger partial charge is 0.491 e. The normalized spacial score (nSPS) is 10.6. The molecule has 0 saturated heterocycles. The van der Waals surface area contributed by atoms with Crippen LogP contribution >= 0.6 is 15.9 Å². The summed E-state index contributed by atoms with van der Waals surface area (Å²) in [6.45, 7) is 4.73. The molecule has 0 radical (unpaired) electrons. The first kappa shape index (κ1) is 15.5. The van der Waals surface area contributed by atoms with Crippen molar-refractivity contribution in [2.75, 3.05) is 33.5 Å². The molecule has 0 aromatic heterocycles. The van der Waals surface area contributed by atoms with Crippen LogP contribution in [0, 0.1) is 6.92 Å². The molecule has 0 aliphatic carbocycles. The van der Waals surface area contributed by atoms with E-state index in [-0.39, 0.29) is 0 Å². The van der Waals surface area contributed by atoms with Crippen molar-refractivity contribution in [2.24, 2.45) is 0 Å². The van der Waals surface area contributed by atoms with E-state index in [1.165, 1.54) is 11.1 Å². The highest BCUT2D eigenvalue weighted by Crippen LogP contribution is 2.22. The van der Waals surface area contributed by atoms with Crippen LogP contribution < -0.4 is 4.74 Å². The molecule has 0 saturated carbocycles. The molecule has 0 unspecified atom stereocenters. The third kappa shape index (κ3) is 5.85. The molecule has 0 N–H and O–H groups in total. The summed E-state index contributed by atoms with van der Waals surface area (Å²) in [5.74, 6) is 0.929. The van der Waals surface area contributed by atoms with Gasteiger partial charge in [-0.15, -0.1) is 0 Å². The lowest BCUT2D eigenvalue weighted by Gasteiger charge is -2.11. The van der Waals surface area contributed by atoms with Crippen LogP contribution in [0.5, 0.6) is 5.75 Å². The zero-order valence-corrected chi connectivity index (χ0v) is 12.7. The smallest absolute Gasteiger partial charge is 0.123 e. The van der Waals surface area contributed by atoms with E-state index in [1.807, 2.05) is 6.07 Å². The van der Waals surface area contributed by atoms with Crippen molar-refractivity contribution in [1.29, 1.82) is 0 Å². The lowest BCUT2D eigenvalue weighted by Crippen LogP contribution is -2.09. The van der Waals surface area contributed by atoms with E-state index in [4.69, 9.17) is 14.2 Å². The minimum absolute atomic E-state index is 0.579. The number of benzene rings is 1. The Hall–Kier alpha value is -0.580. The Morgan fingerprint density at radius 1 is 1.11 bits per heavy atom. The molecule has 1 rings (SSSR count). The topological polar surface area (TPSA) is 27.7 Å². The summed E-state index contributed by atoms with van der Waals surface area (Å²) in [6, 6.07) is 6.20. The summed E-state index contributed by atoms with van der Waals surface area (Å²) in [5.41, 5.74) is 2.42. The van der Waals surface area contributed by atoms with E-state index in [0.717, 1.165) is 30.7 Å². The molecule has 4 heteroatoms. The van der Waals surface area contributed by atoms with E-state index in [1.54, 1.807) is 7.11 Å². The maximum absolute atomic E-state index is 5.70. The summed E-state index contributed by atoms with van der Waals surface area (Å²) < 4.78 is 16.1. The van der Waals surface area contributed by atoms with Gasteiger partial charge in [-0.25, -0.2) is 0 Å². The first-order valence-electron chi connectivity index (χ1n) is 6.13. The summed E-state index contributed by atoms with van der Waals surface area (Å²) in [7, 11) is 1.70. The number of methoxy groups -OCH3 is 1. The Morgan fingerprint density at radius 3 is 2.67 bits per heavy atom. The van der Waals surface area contributed by atoms with Crippen LogP contribution in [0.3, 0.4) is 0 Å². The first-order chi connectivity index (χ1) is 8.77. The number of aryl methyl sites for hydroxylation is 1. The van der Waals surface area contributed by atoms with Crippen LogP contribution in [-0.2, 0) is 14.8 Å². The molecule has 0 amide bonds. The maximum Gasteiger partial charge on any atom is 0.123 e. The lowest BCUT2D eigenvalue weighted by molar-refractivity contribution is 0.0805. The van der Waals surface area contributed by atoms with Gasteiger partial charge in [0.25, 0.3) is 0 Å². The Bertz CT molecular complexity index is 342. The second-order valence-corrected chi connectivity index (χ2v) is 4.61.